The average molecular weight is 659 g/mol. The van der Waals surface area contributed by atoms with Gasteiger partial charge in [-0.1, -0.05) is 77.4 Å². The number of halogens is 3. The first-order valence-electron chi connectivity index (χ1n) is 12.7. The zero-order valence-electron chi connectivity index (χ0n) is 22.1. The van der Waals surface area contributed by atoms with Crippen molar-refractivity contribution < 1.29 is 17.7 Å². The van der Waals surface area contributed by atoms with Crippen molar-refractivity contribution in [2.45, 2.75) is 28.3 Å². The predicted octanol–water partition coefficient (Wildman–Crippen LogP) is 7.18. The van der Waals surface area contributed by atoms with Crippen molar-refractivity contribution in [3.05, 3.63) is 140 Å². The van der Waals surface area contributed by atoms with Crippen molar-refractivity contribution in [1.82, 2.24) is 19.5 Å². The van der Waals surface area contributed by atoms with Gasteiger partial charge in [-0.25, -0.2) is 17.5 Å². The van der Waals surface area contributed by atoms with Crippen molar-refractivity contribution >= 4 is 50.7 Å². The third kappa shape index (κ3) is 7.40. The SMILES string of the molecule is O=[N+]([O-])c1ccc(-n2c(SCc3ccc(F)cc3)nnc2C(Cc2ccccc2)NS(=O)(=O)c2cc(Cl)ccc2Cl)cc1. The van der Waals surface area contributed by atoms with Gasteiger partial charge >= 0.3 is 0 Å². The lowest BCUT2D eigenvalue weighted by atomic mass is 10.1. The van der Waals surface area contributed by atoms with Crippen molar-refractivity contribution in [2.24, 2.45) is 0 Å². The number of thioether (sulfide) groups is 1. The third-order valence-corrected chi connectivity index (χ3v) is 9.52. The summed E-state index contributed by atoms with van der Waals surface area (Å²) in [6, 6.07) is 24.2. The van der Waals surface area contributed by atoms with E-state index >= 15 is 0 Å². The van der Waals surface area contributed by atoms with Gasteiger partial charge < -0.3 is 0 Å². The molecule has 0 fully saturated rings. The van der Waals surface area contributed by atoms with Gasteiger partial charge in [0, 0.05) is 28.6 Å². The molecule has 0 amide bonds. The van der Waals surface area contributed by atoms with Gasteiger partial charge in [-0.3, -0.25) is 14.7 Å². The van der Waals surface area contributed by atoms with Gasteiger partial charge in [-0.05, 0) is 60.0 Å². The van der Waals surface area contributed by atoms with Crippen LogP contribution < -0.4 is 4.72 Å². The Morgan fingerprint density at radius 3 is 2.30 bits per heavy atom. The highest BCUT2D eigenvalue weighted by molar-refractivity contribution is 7.98. The van der Waals surface area contributed by atoms with E-state index < -0.39 is 21.0 Å². The van der Waals surface area contributed by atoms with Crippen LogP contribution in [0.4, 0.5) is 10.1 Å². The molecular formula is C29H22Cl2FN5O4S2. The van der Waals surface area contributed by atoms with Gasteiger partial charge in [0.1, 0.15) is 10.7 Å². The standard InChI is InChI=1S/C29H22Cl2FN5O4S2/c30-21-8-15-25(31)27(17-21)43(40,41)35-26(16-19-4-2-1-3-5-19)28-33-34-29(42-18-20-6-9-22(32)10-7-20)36(28)23-11-13-24(14-12-23)37(38)39/h1-15,17,26,35H,16,18H2. The molecule has 43 heavy (non-hydrogen) atoms. The zero-order chi connectivity index (χ0) is 30.6. The van der Waals surface area contributed by atoms with Crippen LogP contribution in [0.3, 0.4) is 0 Å². The van der Waals surface area contributed by atoms with E-state index in [4.69, 9.17) is 23.2 Å². The van der Waals surface area contributed by atoms with E-state index in [0.717, 1.165) is 11.1 Å². The number of hydrogen-bond acceptors (Lipinski definition) is 7. The van der Waals surface area contributed by atoms with E-state index in [-0.39, 0.29) is 38.7 Å². The summed E-state index contributed by atoms with van der Waals surface area (Å²) in [6.07, 6.45) is 0.187. The molecule has 220 valence electrons. The van der Waals surface area contributed by atoms with Crippen molar-refractivity contribution in [3.63, 3.8) is 0 Å². The Morgan fingerprint density at radius 2 is 1.63 bits per heavy atom. The van der Waals surface area contributed by atoms with E-state index in [2.05, 4.69) is 14.9 Å². The van der Waals surface area contributed by atoms with Gasteiger partial charge in [0.15, 0.2) is 11.0 Å². The molecule has 0 aliphatic rings. The molecule has 1 unspecified atom stereocenters. The minimum Gasteiger partial charge on any atom is -0.273 e. The minimum absolute atomic E-state index is 0.0114. The van der Waals surface area contributed by atoms with Gasteiger partial charge in [0.05, 0.1) is 16.0 Å². The molecular weight excluding hydrogens is 636 g/mol. The normalized spacial score (nSPS) is 12.3. The highest BCUT2D eigenvalue weighted by atomic mass is 35.5. The molecule has 0 radical (unpaired) electrons. The number of nitrogens with one attached hydrogen (secondary N) is 1. The van der Waals surface area contributed by atoms with Crippen LogP contribution in [0.15, 0.2) is 107 Å². The summed E-state index contributed by atoms with van der Waals surface area (Å²) >= 11 is 13.6. The Bertz CT molecular complexity index is 1860. The summed E-state index contributed by atoms with van der Waals surface area (Å²) < 4.78 is 45.2. The fraction of sp³-hybridized carbons (Fsp3) is 0.103. The molecule has 0 spiro atoms. The third-order valence-electron chi connectivity index (χ3n) is 6.33. The molecule has 1 N–H and O–H groups in total. The predicted molar refractivity (Wildman–Crippen MR) is 164 cm³/mol. The smallest absolute Gasteiger partial charge is 0.269 e. The van der Waals surface area contributed by atoms with Gasteiger partial charge in [-0.15, -0.1) is 10.2 Å². The number of benzene rings is 4. The topological polar surface area (TPSA) is 120 Å². The van der Waals surface area contributed by atoms with Gasteiger partial charge in [0.25, 0.3) is 5.69 Å². The monoisotopic (exact) mass is 657 g/mol. The Morgan fingerprint density at radius 1 is 0.930 bits per heavy atom. The van der Waals surface area contributed by atoms with E-state index in [1.54, 1.807) is 16.7 Å². The minimum atomic E-state index is -4.23. The molecule has 5 aromatic rings. The van der Waals surface area contributed by atoms with Crippen LogP contribution in [-0.2, 0) is 22.2 Å². The molecule has 1 aromatic heterocycles. The first kappa shape index (κ1) is 30.6. The summed E-state index contributed by atoms with van der Waals surface area (Å²) in [5, 5.41) is 20.7. The number of nitrogens with zero attached hydrogens (tertiary/aromatic N) is 4. The fourth-order valence-corrected chi connectivity index (χ4v) is 7.14. The maximum Gasteiger partial charge on any atom is 0.269 e. The number of rotatable bonds is 11. The summed E-state index contributed by atoms with van der Waals surface area (Å²) in [7, 11) is -4.23. The molecule has 4 aromatic carbocycles. The van der Waals surface area contributed by atoms with Crippen LogP contribution in [-0.4, -0.2) is 28.1 Å². The fourth-order valence-electron chi connectivity index (χ4n) is 4.26. The van der Waals surface area contributed by atoms with Gasteiger partial charge in [-0.2, -0.15) is 0 Å². The van der Waals surface area contributed by atoms with Gasteiger partial charge in [0.2, 0.25) is 10.0 Å². The largest absolute Gasteiger partial charge is 0.273 e. The van der Waals surface area contributed by atoms with Crippen molar-refractivity contribution in [2.75, 3.05) is 0 Å². The lowest BCUT2D eigenvalue weighted by Gasteiger charge is -2.21. The summed E-state index contributed by atoms with van der Waals surface area (Å²) in [6.45, 7) is 0. The molecule has 0 aliphatic heterocycles. The van der Waals surface area contributed by atoms with Crippen LogP contribution in [0.2, 0.25) is 10.0 Å². The molecule has 1 heterocycles. The molecule has 14 heteroatoms. The average Bonchev–Trinajstić information content (AvgIpc) is 3.42. The second-order valence-corrected chi connectivity index (χ2v) is 12.8. The van der Waals surface area contributed by atoms with E-state index in [9.17, 15) is 22.9 Å². The Labute approximate surface area is 260 Å². The molecule has 0 saturated heterocycles. The molecule has 1 atom stereocenters. The van der Waals surface area contributed by atoms with E-state index in [1.165, 1.54) is 66.4 Å². The summed E-state index contributed by atoms with van der Waals surface area (Å²) in [5.74, 6) is 0.278. The lowest BCUT2D eigenvalue weighted by Crippen LogP contribution is -2.32. The number of sulfonamides is 1. The van der Waals surface area contributed by atoms with Crippen molar-refractivity contribution in [3.8, 4) is 5.69 Å². The maximum absolute atomic E-state index is 13.7. The number of nitro benzene ring substituents is 1. The first-order valence-corrected chi connectivity index (χ1v) is 15.9. The molecule has 0 saturated carbocycles. The molecule has 9 nitrogen and oxygen atoms in total. The molecule has 0 bridgehead atoms. The number of hydrogen-bond donors (Lipinski definition) is 1. The van der Waals surface area contributed by atoms with Crippen LogP contribution in [0.1, 0.15) is 23.0 Å². The van der Waals surface area contributed by atoms with Crippen LogP contribution in [0.25, 0.3) is 5.69 Å². The van der Waals surface area contributed by atoms with Crippen LogP contribution in [0, 0.1) is 15.9 Å². The second kappa shape index (κ2) is 13.2. The van der Waals surface area contributed by atoms with E-state index in [0.29, 0.717) is 16.6 Å². The summed E-state index contributed by atoms with van der Waals surface area (Å²) in [4.78, 5) is 10.6. The Kier molecular flexibility index (Phi) is 9.43. The highest BCUT2D eigenvalue weighted by Crippen LogP contribution is 2.32. The van der Waals surface area contributed by atoms with Crippen molar-refractivity contribution in [1.29, 1.82) is 0 Å². The Balaban J connectivity index is 1.60. The quantitative estimate of drug-likeness (QED) is 0.0907. The maximum atomic E-state index is 13.7. The number of aromatic nitrogens is 3. The van der Waals surface area contributed by atoms with Crippen LogP contribution in [0.5, 0.6) is 0 Å². The highest BCUT2D eigenvalue weighted by Gasteiger charge is 2.29. The zero-order valence-corrected chi connectivity index (χ0v) is 25.2. The second-order valence-electron chi connectivity index (χ2n) is 9.30. The summed E-state index contributed by atoms with van der Waals surface area (Å²) in [5.41, 5.74) is 2.00. The molecule has 5 rings (SSSR count). The number of nitro groups is 1. The number of non-ortho nitro benzene ring substituents is 1. The lowest BCUT2D eigenvalue weighted by molar-refractivity contribution is -0.384. The van der Waals surface area contributed by atoms with E-state index in [1.807, 2.05) is 30.3 Å². The molecule has 0 aliphatic carbocycles. The Hall–Kier alpha value is -3.81. The van der Waals surface area contributed by atoms with Crippen LogP contribution >= 0.6 is 35.0 Å². The first-order chi connectivity index (χ1) is 20.6.